The Kier molecular flexibility index (Phi) is 8.38. The highest BCUT2D eigenvalue weighted by atomic mass is 35.5. The van der Waals surface area contributed by atoms with E-state index in [4.69, 9.17) is 39.5 Å². The van der Waals surface area contributed by atoms with Crippen LogP contribution in [-0.2, 0) is 14.8 Å². The number of ether oxygens (including phenoxy) is 1. The molecule has 2 aromatic rings. The predicted octanol–water partition coefficient (Wildman–Crippen LogP) is 4.31. The van der Waals surface area contributed by atoms with Gasteiger partial charge in [-0.3, -0.25) is 0 Å². The Hall–Kier alpha value is -1.75. The van der Waals surface area contributed by atoms with Gasteiger partial charge >= 0.3 is 6.03 Å². The molecule has 4 N–H and O–H groups in total. The van der Waals surface area contributed by atoms with Gasteiger partial charge in [-0.2, -0.15) is 0 Å². The molecule has 0 aromatic heterocycles. The highest BCUT2D eigenvalue weighted by Gasteiger charge is 2.25. The van der Waals surface area contributed by atoms with Gasteiger partial charge in [-0.05, 0) is 31.2 Å². The molecule has 2 amide bonds. The average Bonchev–Trinajstić information content (AvgIpc) is 2.65. The van der Waals surface area contributed by atoms with Crippen LogP contribution in [0.5, 0.6) is 5.75 Å². The molecule has 0 saturated heterocycles. The lowest BCUT2D eigenvalue weighted by atomic mass is 10.3. The van der Waals surface area contributed by atoms with E-state index in [2.05, 4.69) is 15.4 Å². The van der Waals surface area contributed by atoms with E-state index in [-0.39, 0.29) is 39.6 Å². The minimum atomic E-state index is -4.15. The van der Waals surface area contributed by atoms with Crippen molar-refractivity contribution in [2.75, 3.05) is 30.4 Å². The van der Waals surface area contributed by atoms with Crippen LogP contribution in [0.1, 0.15) is 6.92 Å². The van der Waals surface area contributed by atoms with Crippen LogP contribution in [0.15, 0.2) is 35.2 Å². The summed E-state index contributed by atoms with van der Waals surface area (Å²) in [7, 11) is -4.15. The van der Waals surface area contributed by atoms with Crippen LogP contribution in [0.4, 0.5) is 16.2 Å². The first-order chi connectivity index (χ1) is 13.7. The van der Waals surface area contributed by atoms with E-state index in [0.29, 0.717) is 6.61 Å². The van der Waals surface area contributed by atoms with Gasteiger partial charge in [-0.1, -0.05) is 40.9 Å². The van der Waals surface area contributed by atoms with Crippen LogP contribution in [0.3, 0.4) is 0 Å². The van der Waals surface area contributed by atoms with Crippen molar-refractivity contribution in [2.24, 2.45) is 0 Å². The fourth-order valence-electron chi connectivity index (χ4n) is 2.24. The summed E-state index contributed by atoms with van der Waals surface area (Å²) >= 11 is 17.9. The van der Waals surface area contributed by atoms with E-state index < -0.39 is 26.7 Å². The number of urea groups is 1. The van der Waals surface area contributed by atoms with E-state index in [1.807, 2.05) is 0 Å². The van der Waals surface area contributed by atoms with Gasteiger partial charge in [0.2, 0.25) is 10.0 Å². The molecular formula is C17H18Cl3N3O5S. The Morgan fingerprint density at radius 2 is 1.76 bits per heavy atom. The van der Waals surface area contributed by atoms with Crippen molar-refractivity contribution in [2.45, 2.75) is 11.8 Å². The maximum absolute atomic E-state index is 12.5. The summed E-state index contributed by atoms with van der Waals surface area (Å²) in [6.45, 7) is 2.33. The molecule has 12 heteroatoms. The van der Waals surface area contributed by atoms with Crippen LogP contribution in [-0.4, -0.2) is 39.3 Å². The normalized spacial score (nSPS) is 11.3. The number of hydrogen-bond acceptors (Lipinski definition) is 5. The third kappa shape index (κ3) is 6.11. The number of halogens is 3. The number of phenolic OH excluding ortho intramolecular Hbond substituents is 1. The SMILES string of the molecule is CCOCCNS(=O)(=O)c1c(Cl)ccc(NC(=O)Nc2cccc(Cl)c2Cl)c1O. The molecule has 8 nitrogen and oxygen atoms in total. The molecule has 0 radical (unpaired) electrons. The van der Waals surface area contributed by atoms with E-state index in [1.54, 1.807) is 19.1 Å². The zero-order valence-electron chi connectivity index (χ0n) is 15.1. The van der Waals surface area contributed by atoms with Gasteiger partial charge in [-0.25, -0.2) is 17.9 Å². The third-order valence-corrected chi connectivity index (χ3v) is 6.32. The predicted molar refractivity (Wildman–Crippen MR) is 114 cm³/mol. The fourth-order valence-corrected chi connectivity index (χ4v) is 4.23. The standard InChI is InChI=1S/C17H18Cl3N3O5S/c1-2-28-9-8-21-29(26,27)16-11(19)6-7-13(15(16)24)23-17(25)22-12-5-3-4-10(18)14(12)20/h3-7,21,24H,2,8-9H2,1H3,(H2,22,23,25). The molecule has 0 atom stereocenters. The highest BCUT2D eigenvalue weighted by molar-refractivity contribution is 7.89. The van der Waals surface area contributed by atoms with E-state index in [1.165, 1.54) is 18.2 Å². The average molecular weight is 483 g/mol. The summed E-state index contributed by atoms with van der Waals surface area (Å²) in [5.41, 5.74) is 0.0609. The van der Waals surface area contributed by atoms with E-state index >= 15 is 0 Å². The Bertz CT molecular complexity index is 1000. The van der Waals surface area contributed by atoms with Crippen molar-refractivity contribution in [3.63, 3.8) is 0 Å². The largest absolute Gasteiger partial charge is 0.504 e. The van der Waals surface area contributed by atoms with Gasteiger partial charge in [0.05, 0.1) is 33.0 Å². The Balaban J connectivity index is 2.21. The van der Waals surface area contributed by atoms with Crippen molar-refractivity contribution >= 4 is 62.2 Å². The van der Waals surface area contributed by atoms with Crippen molar-refractivity contribution < 1.29 is 23.1 Å². The summed E-state index contributed by atoms with van der Waals surface area (Å²) in [6, 6.07) is 6.37. The van der Waals surface area contributed by atoms with Gasteiger partial charge in [-0.15, -0.1) is 0 Å². The van der Waals surface area contributed by atoms with Crippen molar-refractivity contribution in [3.8, 4) is 5.75 Å². The molecule has 29 heavy (non-hydrogen) atoms. The second kappa shape index (κ2) is 10.3. The number of hydrogen-bond donors (Lipinski definition) is 4. The van der Waals surface area contributed by atoms with Crippen LogP contribution >= 0.6 is 34.8 Å². The molecule has 0 spiro atoms. The summed E-state index contributed by atoms with van der Waals surface area (Å²) in [5, 5.41) is 15.4. The first-order valence-electron chi connectivity index (χ1n) is 8.28. The molecule has 2 aromatic carbocycles. The summed E-state index contributed by atoms with van der Waals surface area (Å²) in [4.78, 5) is 11.7. The third-order valence-electron chi connectivity index (χ3n) is 3.54. The maximum Gasteiger partial charge on any atom is 0.323 e. The number of sulfonamides is 1. The highest BCUT2D eigenvalue weighted by Crippen LogP contribution is 2.37. The van der Waals surface area contributed by atoms with E-state index in [9.17, 15) is 18.3 Å². The molecule has 158 valence electrons. The number of anilines is 2. The van der Waals surface area contributed by atoms with Gasteiger partial charge in [0, 0.05) is 13.2 Å². The molecule has 0 heterocycles. The van der Waals surface area contributed by atoms with E-state index in [0.717, 1.165) is 0 Å². The van der Waals surface area contributed by atoms with Gasteiger partial charge in [0.15, 0.2) is 5.75 Å². The number of carbonyl (C=O) groups is 1. The molecule has 0 aliphatic heterocycles. The fraction of sp³-hybridized carbons (Fsp3) is 0.235. The quantitative estimate of drug-likeness (QED) is 0.330. The topological polar surface area (TPSA) is 117 Å². The number of benzene rings is 2. The van der Waals surface area contributed by atoms with Crippen LogP contribution < -0.4 is 15.4 Å². The molecule has 0 saturated carbocycles. The monoisotopic (exact) mass is 481 g/mol. The van der Waals surface area contributed by atoms with Gasteiger partial charge in [0.1, 0.15) is 4.90 Å². The lowest BCUT2D eigenvalue weighted by Gasteiger charge is -2.15. The zero-order valence-corrected chi connectivity index (χ0v) is 18.2. The molecular weight excluding hydrogens is 465 g/mol. The minimum Gasteiger partial charge on any atom is -0.504 e. The summed E-state index contributed by atoms with van der Waals surface area (Å²) < 4.78 is 32.3. The Morgan fingerprint density at radius 1 is 1.07 bits per heavy atom. The number of nitrogens with one attached hydrogen (secondary N) is 3. The number of rotatable bonds is 8. The number of phenols is 1. The van der Waals surface area contributed by atoms with Crippen molar-refractivity contribution in [3.05, 3.63) is 45.4 Å². The molecule has 0 aliphatic carbocycles. The second-order valence-corrected chi connectivity index (χ2v) is 8.44. The molecule has 0 fully saturated rings. The first-order valence-corrected chi connectivity index (χ1v) is 10.9. The van der Waals surface area contributed by atoms with Gasteiger partial charge < -0.3 is 20.5 Å². The summed E-state index contributed by atoms with van der Waals surface area (Å²) in [6.07, 6.45) is 0. The number of carbonyl (C=O) groups excluding carboxylic acids is 1. The van der Waals surface area contributed by atoms with Gasteiger partial charge in [0.25, 0.3) is 0 Å². The van der Waals surface area contributed by atoms with Crippen molar-refractivity contribution in [1.82, 2.24) is 4.72 Å². The summed E-state index contributed by atoms with van der Waals surface area (Å²) in [5.74, 6) is -0.714. The molecule has 0 aliphatic rings. The maximum atomic E-state index is 12.5. The van der Waals surface area contributed by atoms with Crippen LogP contribution in [0, 0.1) is 0 Å². The smallest absolute Gasteiger partial charge is 0.323 e. The van der Waals surface area contributed by atoms with Crippen LogP contribution in [0.25, 0.3) is 0 Å². The zero-order chi connectivity index (χ0) is 21.6. The molecule has 0 bridgehead atoms. The molecule has 2 rings (SSSR count). The Morgan fingerprint density at radius 3 is 2.45 bits per heavy atom. The number of amides is 2. The van der Waals surface area contributed by atoms with Crippen LogP contribution in [0.2, 0.25) is 15.1 Å². The Labute approximate surface area is 183 Å². The van der Waals surface area contributed by atoms with Crippen molar-refractivity contribution in [1.29, 1.82) is 0 Å². The number of aromatic hydroxyl groups is 1. The molecule has 0 unspecified atom stereocenters. The second-order valence-electron chi connectivity index (χ2n) is 5.55. The lowest BCUT2D eigenvalue weighted by Crippen LogP contribution is -2.28. The minimum absolute atomic E-state index is 0.0165. The first kappa shape index (κ1) is 23.5. The lowest BCUT2D eigenvalue weighted by molar-refractivity contribution is 0.153.